The molecule has 0 atom stereocenters. The van der Waals surface area contributed by atoms with Crippen LogP contribution in [0.1, 0.15) is 25.7 Å². The van der Waals surface area contributed by atoms with Gasteiger partial charge in [-0.1, -0.05) is 6.08 Å². The zero-order valence-electron chi connectivity index (χ0n) is 11.8. The molecule has 1 heterocycles. The maximum atomic E-state index is 5.91. The quantitative estimate of drug-likeness (QED) is 0.746. The van der Waals surface area contributed by atoms with Crippen molar-refractivity contribution in [2.24, 2.45) is 0 Å². The van der Waals surface area contributed by atoms with Crippen molar-refractivity contribution in [3.8, 4) is 0 Å². The van der Waals surface area contributed by atoms with Gasteiger partial charge in [0, 0.05) is 24.5 Å². The second-order valence-electron chi connectivity index (χ2n) is 5.05. The second-order valence-corrected chi connectivity index (χ2v) is 5.05. The average molecular weight is 272 g/mol. The molecule has 20 heavy (non-hydrogen) atoms. The molecule has 4 heteroatoms. The van der Waals surface area contributed by atoms with E-state index in [0.29, 0.717) is 6.61 Å². The van der Waals surface area contributed by atoms with E-state index >= 15 is 0 Å². The molecule has 0 saturated carbocycles. The molecule has 0 fully saturated rings. The first-order chi connectivity index (χ1) is 9.88. The third-order valence-electron chi connectivity index (χ3n) is 3.76. The maximum Gasteiger partial charge on any atom is 0.163 e. The minimum absolute atomic E-state index is 0.698. The Morgan fingerprint density at radius 2 is 2.30 bits per heavy atom. The molecule has 4 nitrogen and oxygen atoms in total. The highest BCUT2D eigenvalue weighted by atomic mass is 16.5. The van der Waals surface area contributed by atoms with Gasteiger partial charge in [0.05, 0.1) is 20.0 Å². The molecule has 1 aromatic heterocycles. The Morgan fingerprint density at radius 3 is 3.10 bits per heavy atom. The van der Waals surface area contributed by atoms with Crippen molar-refractivity contribution >= 4 is 0 Å². The number of allylic oxidation sites excluding steroid dienone is 4. The lowest BCUT2D eigenvalue weighted by molar-refractivity contribution is 0.167. The van der Waals surface area contributed by atoms with Crippen LogP contribution in [-0.4, -0.2) is 23.3 Å². The molecule has 0 saturated heterocycles. The van der Waals surface area contributed by atoms with Gasteiger partial charge in [-0.05, 0) is 37.3 Å². The molecular formula is C16H20N2O2. The van der Waals surface area contributed by atoms with Crippen molar-refractivity contribution in [2.75, 3.05) is 13.7 Å². The maximum absolute atomic E-state index is 5.91. The largest absolute Gasteiger partial charge is 0.493 e. The van der Waals surface area contributed by atoms with Crippen LogP contribution in [0, 0.1) is 0 Å². The van der Waals surface area contributed by atoms with Gasteiger partial charge >= 0.3 is 0 Å². The van der Waals surface area contributed by atoms with Crippen LogP contribution in [0.15, 0.2) is 53.5 Å². The summed E-state index contributed by atoms with van der Waals surface area (Å²) in [5.41, 5.74) is 2.74. The third-order valence-corrected chi connectivity index (χ3v) is 3.76. The number of fused-ring (bicyclic) bond motifs is 1. The predicted octanol–water partition coefficient (Wildman–Crippen LogP) is 3.20. The summed E-state index contributed by atoms with van der Waals surface area (Å²) in [7, 11) is 1.73. The van der Waals surface area contributed by atoms with Gasteiger partial charge in [-0.2, -0.15) is 0 Å². The highest BCUT2D eigenvalue weighted by molar-refractivity contribution is 5.48. The Kier molecular flexibility index (Phi) is 3.90. The van der Waals surface area contributed by atoms with E-state index in [9.17, 15) is 0 Å². The molecular weight excluding hydrogens is 252 g/mol. The van der Waals surface area contributed by atoms with E-state index < -0.39 is 0 Å². The molecule has 0 bridgehead atoms. The van der Waals surface area contributed by atoms with E-state index in [1.807, 2.05) is 12.5 Å². The Morgan fingerprint density at radius 1 is 1.35 bits per heavy atom. The zero-order chi connectivity index (χ0) is 13.8. The highest BCUT2D eigenvalue weighted by Crippen LogP contribution is 2.37. The number of hydrogen-bond donors (Lipinski definition) is 0. The first kappa shape index (κ1) is 13.0. The minimum Gasteiger partial charge on any atom is -0.493 e. The lowest BCUT2D eigenvalue weighted by Crippen LogP contribution is -2.09. The molecule has 0 radical (unpaired) electrons. The van der Waals surface area contributed by atoms with Crippen molar-refractivity contribution in [1.82, 2.24) is 9.55 Å². The average Bonchev–Trinajstić information content (AvgIpc) is 3.13. The topological polar surface area (TPSA) is 36.3 Å². The molecule has 0 N–H and O–H groups in total. The van der Waals surface area contributed by atoms with Gasteiger partial charge in [0.15, 0.2) is 11.5 Å². The summed E-state index contributed by atoms with van der Waals surface area (Å²) in [5.74, 6) is 1.84. The van der Waals surface area contributed by atoms with Crippen LogP contribution in [0.2, 0.25) is 0 Å². The number of nitrogens with zero attached hydrogens (tertiary/aromatic N) is 2. The molecule has 3 rings (SSSR count). The van der Waals surface area contributed by atoms with E-state index in [-0.39, 0.29) is 0 Å². The summed E-state index contributed by atoms with van der Waals surface area (Å²) in [6.45, 7) is 1.63. The number of aromatic nitrogens is 2. The van der Waals surface area contributed by atoms with Crippen LogP contribution in [0.25, 0.3) is 0 Å². The summed E-state index contributed by atoms with van der Waals surface area (Å²) in [6, 6.07) is 0. The van der Waals surface area contributed by atoms with Gasteiger partial charge in [0.1, 0.15) is 0 Å². The zero-order valence-corrected chi connectivity index (χ0v) is 11.8. The summed E-state index contributed by atoms with van der Waals surface area (Å²) >= 11 is 0. The standard InChI is InChI=1S/C16H20N2O2/c1-19-16-14-5-2-4-13(14)6-7-15(16)20-11-3-9-18-10-8-17-12-18/h4,7-8,10,12H,2-3,5-6,9,11H2,1H3. The van der Waals surface area contributed by atoms with E-state index in [2.05, 4.69) is 21.7 Å². The highest BCUT2D eigenvalue weighted by Gasteiger charge is 2.24. The predicted molar refractivity (Wildman–Crippen MR) is 76.8 cm³/mol. The molecule has 0 spiro atoms. The fourth-order valence-electron chi connectivity index (χ4n) is 2.78. The first-order valence-corrected chi connectivity index (χ1v) is 7.14. The molecule has 1 aromatic rings. The van der Waals surface area contributed by atoms with Crippen LogP contribution >= 0.6 is 0 Å². The van der Waals surface area contributed by atoms with Crippen molar-refractivity contribution < 1.29 is 9.47 Å². The second kappa shape index (κ2) is 5.99. The normalized spacial score (nSPS) is 17.6. The Bertz CT molecular complexity index is 553. The fraction of sp³-hybridized carbons (Fsp3) is 0.438. The molecule has 0 aromatic carbocycles. The van der Waals surface area contributed by atoms with Gasteiger partial charge in [-0.15, -0.1) is 0 Å². The number of ether oxygens (including phenoxy) is 2. The van der Waals surface area contributed by atoms with E-state index in [4.69, 9.17) is 9.47 Å². The fourth-order valence-corrected chi connectivity index (χ4v) is 2.78. The summed E-state index contributed by atoms with van der Waals surface area (Å²) in [6.07, 6.45) is 14.2. The number of rotatable bonds is 6. The van der Waals surface area contributed by atoms with Crippen LogP contribution in [0.4, 0.5) is 0 Å². The Balaban J connectivity index is 1.55. The van der Waals surface area contributed by atoms with E-state index in [1.54, 1.807) is 13.3 Å². The Hall–Kier alpha value is -1.97. The molecule has 106 valence electrons. The third kappa shape index (κ3) is 2.64. The van der Waals surface area contributed by atoms with Crippen LogP contribution < -0.4 is 0 Å². The summed E-state index contributed by atoms with van der Waals surface area (Å²) in [4.78, 5) is 4.03. The van der Waals surface area contributed by atoms with Gasteiger partial charge in [-0.3, -0.25) is 0 Å². The first-order valence-electron chi connectivity index (χ1n) is 7.14. The van der Waals surface area contributed by atoms with Crippen molar-refractivity contribution in [2.45, 2.75) is 32.2 Å². The van der Waals surface area contributed by atoms with Crippen molar-refractivity contribution in [1.29, 1.82) is 0 Å². The molecule has 0 aliphatic heterocycles. The number of hydrogen-bond acceptors (Lipinski definition) is 3. The van der Waals surface area contributed by atoms with Crippen LogP contribution in [0.3, 0.4) is 0 Å². The van der Waals surface area contributed by atoms with Gasteiger partial charge in [0.2, 0.25) is 0 Å². The lowest BCUT2D eigenvalue weighted by atomic mass is 9.98. The monoisotopic (exact) mass is 272 g/mol. The SMILES string of the molecule is COC1=C2CCC=C2CC=C1OCCCn1ccnc1. The summed E-state index contributed by atoms with van der Waals surface area (Å²) in [5, 5.41) is 0. The minimum atomic E-state index is 0.698. The number of aryl methyl sites for hydroxylation is 1. The van der Waals surface area contributed by atoms with Crippen LogP contribution in [-0.2, 0) is 16.0 Å². The molecule has 2 aliphatic carbocycles. The van der Waals surface area contributed by atoms with Gasteiger partial charge < -0.3 is 14.0 Å². The number of methoxy groups -OCH3 is 1. The van der Waals surface area contributed by atoms with Crippen molar-refractivity contribution in [3.63, 3.8) is 0 Å². The van der Waals surface area contributed by atoms with Gasteiger partial charge in [-0.25, -0.2) is 4.98 Å². The number of imidazole rings is 1. The molecule has 2 aliphatic rings. The Labute approximate surface area is 119 Å². The van der Waals surface area contributed by atoms with Crippen LogP contribution in [0.5, 0.6) is 0 Å². The van der Waals surface area contributed by atoms with Crippen molar-refractivity contribution in [3.05, 3.63) is 53.5 Å². The summed E-state index contributed by atoms with van der Waals surface area (Å²) < 4.78 is 13.5. The lowest BCUT2D eigenvalue weighted by Gasteiger charge is -2.20. The van der Waals surface area contributed by atoms with E-state index in [1.165, 1.54) is 11.1 Å². The molecule has 0 unspecified atom stereocenters. The van der Waals surface area contributed by atoms with Gasteiger partial charge in [0.25, 0.3) is 0 Å². The molecule has 0 amide bonds. The van der Waals surface area contributed by atoms with E-state index in [0.717, 1.165) is 43.7 Å². The smallest absolute Gasteiger partial charge is 0.163 e.